The summed E-state index contributed by atoms with van der Waals surface area (Å²) in [5, 5.41) is 0. The van der Waals surface area contributed by atoms with Crippen LogP contribution in [0.25, 0.3) is 0 Å². The van der Waals surface area contributed by atoms with E-state index in [-0.39, 0.29) is 0 Å². The van der Waals surface area contributed by atoms with Crippen molar-refractivity contribution in [2.75, 3.05) is 0 Å². The molecule has 3 heteroatoms. The molecule has 146 valence electrons. The van der Waals surface area contributed by atoms with Gasteiger partial charge in [0.15, 0.2) is 0 Å². The molecule has 0 saturated carbocycles. The Morgan fingerprint density at radius 3 is 2.11 bits per heavy atom. The van der Waals surface area contributed by atoms with Gasteiger partial charge < -0.3 is 0 Å². The van der Waals surface area contributed by atoms with Gasteiger partial charge in [-0.1, -0.05) is 93.6 Å². The molecule has 0 aliphatic heterocycles. The van der Waals surface area contributed by atoms with Crippen molar-refractivity contribution in [1.82, 2.24) is 0 Å². The van der Waals surface area contributed by atoms with Gasteiger partial charge in [-0.25, -0.2) is 0 Å². The van der Waals surface area contributed by atoms with Crippen LogP contribution in [0.15, 0.2) is 116 Å². The Kier molecular flexibility index (Phi) is 10.7. The zero-order valence-corrected chi connectivity index (χ0v) is 20.1. The van der Waals surface area contributed by atoms with E-state index in [1.54, 1.807) is 0 Å². The third-order valence-corrected chi connectivity index (χ3v) is 4.48. The molecule has 1 nitrogen and oxygen atoms in total. The van der Waals surface area contributed by atoms with Gasteiger partial charge in [-0.15, -0.1) is 0 Å². The predicted molar refractivity (Wildman–Crippen MR) is 133 cm³/mol. The molecule has 0 aliphatic rings. The molecule has 0 aliphatic carbocycles. The van der Waals surface area contributed by atoms with Gasteiger partial charge in [-0.2, -0.15) is 0 Å². The largest absolute Gasteiger partial charge is 0.253 e. The zero-order valence-electron chi connectivity index (χ0n) is 17.0. The lowest BCUT2D eigenvalue weighted by Gasteiger charge is -2.08. The van der Waals surface area contributed by atoms with Gasteiger partial charge >= 0.3 is 0 Å². The van der Waals surface area contributed by atoms with Crippen LogP contribution in [0.1, 0.15) is 33.3 Å². The number of hydrogen-bond donors (Lipinski definition) is 0. The van der Waals surface area contributed by atoms with E-state index in [1.807, 2.05) is 82.4 Å². The number of hydrogen-bond acceptors (Lipinski definition) is 1. The first-order chi connectivity index (χ1) is 13.2. The maximum absolute atomic E-state index is 4.87. The van der Waals surface area contributed by atoms with E-state index < -0.39 is 0 Å². The van der Waals surface area contributed by atoms with Gasteiger partial charge in [0.2, 0.25) is 0 Å². The maximum Gasteiger partial charge on any atom is 0.0668 e. The number of aliphatic imine (C=N–C) groups is 1. The molecule has 0 amide bonds. The average molecular weight is 501 g/mol. The normalized spacial score (nSPS) is 14.6. The van der Waals surface area contributed by atoms with Gasteiger partial charge in [0.1, 0.15) is 0 Å². The van der Waals surface area contributed by atoms with Gasteiger partial charge in [0.05, 0.1) is 5.70 Å². The molecule has 0 radical (unpaired) electrons. The molecule has 1 aromatic carbocycles. The summed E-state index contributed by atoms with van der Waals surface area (Å²) in [5.74, 6) is 0. The lowest BCUT2D eigenvalue weighted by Crippen LogP contribution is -1.97. The minimum Gasteiger partial charge on any atom is -0.253 e. The van der Waals surface area contributed by atoms with Gasteiger partial charge in [0, 0.05) is 10.2 Å². The lowest BCUT2D eigenvalue weighted by molar-refractivity contribution is 1.26. The van der Waals surface area contributed by atoms with Crippen molar-refractivity contribution in [1.29, 1.82) is 0 Å². The Morgan fingerprint density at radius 2 is 1.54 bits per heavy atom. The fraction of sp³-hybridized carbons (Fsp3) is 0.160. The molecular weight excluding hydrogens is 474 g/mol. The van der Waals surface area contributed by atoms with Crippen LogP contribution in [-0.2, 0) is 0 Å². The SMILES string of the molecule is C=C(/C=C(N=C(C)c1ccccc1)/C(C)=C/C=C\C)C(=C)/C=C(Br)\C=C(/C)Br. The highest BCUT2D eigenvalue weighted by Crippen LogP contribution is 2.22. The first-order valence-electron chi connectivity index (χ1n) is 8.96. The maximum atomic E-state index is 4.87. The van der Waals surface area contributed by atoms with E-state index in [4.69, 9.17) is 4.99 Å². The summed E-state index contributed by atoms with van der Waals surface area (Å²) in [6, 6.07) is 10.2. The highest BCUT2D eigenvalue weighted by atomic mass is 79.9. The molecule has 1 rings (SSSR count). The molecule has 0 spiro atoms. The van der Waals surface area contributed by atoms with Crippen LogP contribution in [0.2, 0.25) is 0 Å². The second-order valence-corrected chi connectivity index (χ2v) is 8.45. The van der Waals surface area contributed by atoms with Gasteiger partial charge in [-0.3, -0.25) is 4.99 Å². The molecule has 0 saturated heterocycles. The molecule has 28 heavy (non-hydrogen) atoms. The Bertz CT molecular complexity index is 888. The zero-order chi connectivity index (χ0) is 21.1. The van der Waals surface area contributed by atoms with Crippen LogP contribution in [0.5, 0.6) is 0 Å². The fourth-order valence-corrected chi connectivity index (χ4v) is 3.41. The van der Waals surface area contributed by atoms with Crippen molar-refractivity contribution >= 4 is 37.6 Å². The Labute approximate surface area is 186 Å². The number of allylic oxidation sites excluding steroid dienone is 11. The first-order valence-corrected chi connectivity index (χ1v) is 10.5. The molecule has 0 bridgehead atoms. The Hall–Kier alpha value is -1.97. The van der Waals surface area contributed by atoms with Crippen LogP contribution >= 0.6 is 31.9 Å². The molecule has 0 unspecified atom stereocenters. The molecule has 0 fully saturated rings. The minimum atomic E-state index is 0.811. The number of nitrogens with zero attached hydrogens (tertiary/aromatic N) is 1. The minimum absolute atomic E-state index is 0.811. The first kappa shape index (κ1) is 24.1. The van der Waals surface area contributed by atoms with Crippen molar-refractivity contribution < 1.29 is 0 Å². The molecule has 0 N–H and O–H groups in total. The summed E-state index contributed by atoms with van der Waals surface area (Å²) in [5.41, 5.74) is 5.60. The van der Waals surface area contributed by atoms with Crippen molar-refractivity contribution in [3.8, 4) is 0 Å². The number of rotatable bonds is 8. The predicted octanol–water partition coefficient (Wildman–Crippen LogP) is 8.59. The number of benzene rings is 1. The van der Waals surface area contributed by atoms with E-state index in [0.29, 0.717) is 0 Å². The summed E-state index contributed by atoms with van der Waals surface area (Å²) in [7, 11) is 0. The third kappa shape index (κ3) is 8.81. The molecular formula is C25H27Br2N. The average Bonchev–Trinajstić information content (AvgIpc) is 2.65. The Morgan fingerprint density at radius 1 is 0.929 bits per heavy atom. The molecule has 1 aromatic rings. The van der Waals surface area contributed by atoms with Crippen molar-refractivity contribution in [3.63, 3.8) is 0 Å². The smallest absolute Gasteiger partial charge is 0.0668 e. The second kappa shape index (κ2) is 12.5. The van der Waals surface area contributed by atoms with Crippen molar-refractivity contribution in [3.05, 3.63) is 117 Å². The summed E-state index contributed by atoms with van der Waals surface area (Å²) in [4.78, 5) is 4.87. The Balaban J connectivity index is 3.30. The second-order valence-electron chi connectivity index (χ2n) is 6.28. The molecule has 0 heterocycles. The van der Waals surface area contributed by atoms with Crippen LogP contribution in [0.3, 0.4) is 0 Å². The highest BCUT2D eigenvalue weighted by Gasteiger charge is 2.04. The number of halogens is 2. The van der Waals surface area contributed by atoms with Gasteiger partial charge in [0.25, 0.3) is 0 Å². The van der Waals surface area contributed by atoms with E-state index >= 15 is 0 Å². The van der Waals surface area contributed by atoms with Gasteiger partial charge in [-0.05, 0) is 72.7 Å². The summed E-state index contributed by atoms with van der Waals surface area (Å²) in [6.07, 6.45) is 11.9. The van der Waals surface area contributed by atoms with E-state index in [0.717, 1.165) is 42.7 Å². The highest BCUT2D eigenvalue weighted by molar-refractivity contribution is 9.12. The lowest BCUT2D eigenvalue weighted by atomic mass is 10.0. The standard InChI is InChI=1S/C25H27Br2N/c1-7-8-12-18(2)25(28-22(6)23-13-10-9-11-14-23)16-20(4)19(3)15-24(27)17-21(5)26/h7-17H,3-4H2,1-2,5-6H3/b8-7-,18-12+,21-17+,24-15+,25-16-,28-22?. The monoisotopic (exact) mass is 499 g/mol. The van der Waals surface area contributed by atoms with Crippen LogP contribution in [0.4, 0.5) is 0 Å². The third-order valence-electron chi connectivity index (χ3n) is 3.79. The van der Waals surface area contributed by atoms with E-state index in [9.17, 15) is 0 Å². The van der Waals surface area contributed by atoms with Crippen LogP contribution in [-0.4, -0.2) is 5.71 Å². The summed E-state index contributed by atoms with van der Waals surface area (Å²) in [6.45, 7) is 16.4. The summed E-state index contributed by atoms with van der Waals surface area (Å²) < 4.78 is 1.95. The molecule has 0 aromatic heterocycles. The van der Waals surface area contributed by atoms with E-state index in [2.05, 4.69) is 57.2 Å². The quantitative estimate of drug-likeness (QED) is 0.250. The summed E-state index contributed by atoms with van der Waals surface area (Å²) >= 11 is 6.96. The van der Waals surface area contributed by atoms with Crippen molar-refractivity contribution in [2.24, 2.45) is 4.99 Å². The van der Waals surface area contributed by atoms with Crippen LogP contribution < -0.4 is 0 Å². The topological polar surface area (TPSA) is 12.4 Å². The van der Waals surface area contributed by atoms with E-state index in [1.165, 1.54) is 0 Å². The fourth-order valence-electron chi connectivity index (χ4n) is 2.23. The molecule has 0 atom stereocenters. The van der Waals surface area contributed by atoms with Crippen LogP contribution in [0, 0.1) is 0 Å². The van der Waals surface area contributed by atoms with Crippen molar-refractivity contribution in [2.45, 2.75) is 27.7 Å².